The summed E-state index contributed by atoms with van der Waals surface area (Å²) in [5.41, 5.74) is 1.25. The minimum absolute atomic E-state index is 0.709. The van der Waals surface area contributed by atoms with E-state index in [9.17, 15) is 0 Å². The number of hydrogen-bond donors (Lipinski definition) is 0. The Balaban J connectivity index is 2.02. The highest BCUT2D eigenvalue weighted by atomic mass is 79.9. The van der Waals surface area contributed by atoms with Crippen molar-refractivity contribution < 1.29 is 4.42 Å². The van der Waals surface area contributed by atoms with Crippen molar-refractivity contribution in [2.75, 3.05) is 0 Å². The summed E-state index contributed by atoms with van der Waals surface area (Å²) in [5, 5.41) is 0.709. The van der Waals surface area contributed by atoms with Gasteiger partial charge in [0.2, 0.25) is 0 Å². The predicted molar refractivity (Wildman–Crippen MR) is 60.2 cm³/mol. The van der Waals surface area contributed by atoms with Gasteiger partial charge in [-0.25, -0.2) is 4.98 Å². The predicted octanol–water partition coefficient (Wildman–Crippen LogP) is 3.73. The fourth-order valence-electron chi connectivity index (χ4n) is 1.04. The summed E-state index contributed by atoms with van der Waals surface area (Å²) in [6.45, 7) is 0. The molecule has 0 aliphatic heterocycles. The summed E-state index contributed by atoms with van der Waals surface area (Å²) < 4.78 is 6.26. The first-order valence-corrected chi connectivity index (χ1v) is 5.90. The van der Waals surface area contributed by atoms with Crippen LogP contribution < -0.4 is 0 Å². The molecular formula is C10H8BrNOS. The number of hydrogen-bond acceptors (Lipinski definition) is 3. The second kappa shape index (κ2) is 4.66. The zero-order valence-electron chi connectivity index (χ0n) is 7.31. The van der Waals surface area contributed by atoms with Gasteiger partial charge in [-0.3, -0.25) is 0 Å². The molecule has 0 bridgehead atoms. The van der Waals surface area contributed by atoms with E-state index in [0.717, 1.165) is 10.2 Å². The second-order valence-electron chi connectivity index (χ2n) is 2.68. The molecule has 2 rings (SSSR count). The van der Waals surface area contributed by atoms with E-state index in [0.29, 0.717) is 5.22 Å². The van der Waals surface area contributed by atoms with Gasteiger partial charge in [-0.2, -0.15) is 0 Å². The Labute approximate surface area is 94.9 Å². The van der Waals surface area contributed by atoms with Gasteiger partial charge < -0.3 is 4.42 Å². The van der Waals surface area contributed by atoms with Gasteiger partial charge >= 0.3 is 0 Å². The molecule has 0 N–H and O–H groups in total. The summed E-state index contributed by atoms with van der Waals surface area (Å²) >= 11 is 5.08. The summed E-state index contributed by atoms with van der Waals surface area (Å²) in [7, 11) is 0. The van der Waals surface area contributed by atoms with Crippen molar-refractivity contribution in [1.29, 1.82) is 0 Å². The quantitative estimate of drug-likeness (QED) is 0.795. The summed E-state index contributed by atoms with van der Waals surface area (Å²) in [6.07, 6.45) is 3.24. The van der Waals surface area contributed by atoms with Gasteiger partial charge in [-0.15, -0.1) is 0 Å². The van der Waals surface area contributed by atoms with E-state index in [4.69, 9.17) is 4.42 Å². The SMILES string of the molecule is Brc1ccccc1CSc1ncco1. The first-order valence-electron chi connectivity index (χ1n) is 4.12. The molecule has 1 aromatic heterocycles. The standard InChI is InChI=1S/C10H8BrNOS/c11-9-4-2-1-3-8(9)7-14-10-12-5-6-13-10/h1-6H,7H2. The van der Waals surface area contributed by atoms with Crippen LogP contribution in [0.15, 0.2) is 50.8 Å². The van der Waals surface area contributed by atoms with Crippen LogP contribution in [-0.4, -0.2) is 4.98 Å². The lowest BCUT2D eigenvalue weighted by Gasteiger charge is -2.00. The fraction of sp³-hybridized carbons (Fsp3) is 0.100. The van der Waals surface area contributed by atoms with Crippen LogP contribution in [0.2, 0.25) is 0 Å². The van der Waals surface area contributed by atoms with Crippen molar-refractivity contribution in [2.45, 2.75) is 11.0 Å². The van der Waals surface area contributed by atoms with E-state index in [2.05, 4.69) is 27.0 Å². The minimum atomic E-state index is 0.709. The Morgan fingerprint density at radius 2 is 2.21 bits per heavy atom. The lowest BCUT2D eigenvalue weighted by molar-refractivity contribution is 0.454. The third-order valence-electron chi connectivity index (χ3n) is 1.72. The average molecular weight is 270 g/mol. The fourth-order valence-corrected chi connectivity index (χ4v) is 2.44. The van der Waals surface area contributed by atoms with Crippen LogP contribution >= 0.6 is 27.7 Å². The molecule has 1 heterocycles. The molecule has 72 valence electrons. The van der Waals surface area contributed by atoms with Crippen molar-refractivity contribution in [2.24, 2.45) is 0 Å². The maximum Gasteiger partial charge on any atom is 0.255 e. The Hall–Kier alpha value is -0.740. The van der Waals surface area contributed by atoms with Crippen LogP contribution in [0.3, 0.4) is 0 Å². The zero-order valence-corrected chi connectivity index (χ0v) is 9.72. The van der Waals surface area contributed by atoms with Gasteiger partial charge in [-0.1, -0.05) is 45.9 Å². The molecule has 0 fully saturated rings. The molecule has 0 spiro atoms. The molecule has 2 nitrogen and oxygen atoms in total. The van der Waals surface area contributed by atoms with Crippen LogP contribution in [0.1, 0.15) is 5.56 Å². The highest BCUT2D eigenvalue weighted by molar-refractivity contribution is 9.10. The van der Waals surface area contributed by atoms with Gasteiger partial charge in [0.25, 0.3) is 5.22 Å². The maximum absolute atomic E-state index is 5.13. The molecule has 4 heteroatoms. The van der Waals surface area contributed by atoms with E-state index in [1.807, 2.05) is 18.2 Å². The van der Waals surface area contributed by atoms with Gasteiger partial charge in [0, 0.05) is 10.2 Å². The highest BCUT2D eigenvalue weighted by Gasteiger charge is 2.02. The number of rotatable bonds is 3. The van der Waals surface area contributed by atoms with Crippen molar-refractivity contribution in [3.05, 3.63) is 46.8 Å². The first kappa shape index (κ1) is 9.80. The molecule has 0 saturated carbocycles. The van der Waals surface area contributed by atoms with Crippen LogP contribution in [0.5, 0.6) is 0 Å². The van der Waals surface area contributed by atoms with Crippen LogP contribution in [-0.2, 0) is 5.75 Å². The number of halogens is 1. The van der Waals surface area contributed by atoms with Gasteiger partial charge in [0.1, 0.15) is 6.26 Å². The second-order valence-corrected chi connectivity index (χ2v) is 4.46. The Morgan fingerprint density at radius 3 is 2.93 bits per heavy atom. The molecule has 2 aromatic rings. The normalized spacial score (nSPS) is 10.4. The minimum Gasteiger partial charge on any atom is -0.440 e. The molecule has 0 atom stereocenters. The van der Waals surface area contributed by atoms with Crippen LogP contribution in [0.25, 0.3) is 0 Å². The first-order chi connectivity index (χ1) is 6.86. The number of thioether (sulfide) groups is 1. The van der Waals surface area contributed by atoms with E-state index < -0.39 is 0 Å². The van der Waals surface area contributed by atoms with E-state index in [1.165, 1.54) is 5.56 Å². The maximum atomic E-state index is 5.13. The van der Waals surface area contributed by atoms with Crippen LogP contribution in [0, 0.1) is 0 Å². The lowest BCUT2D eigenvalue weighted by Crippen LogP contribution is -1.81. The number of aromatic nitrogens is 1. The molecule has 0 amide bonds. The van der Waals surface area contributed by atoms with Gasteiger partial charge in [0.05, 0.1) is 6.20 Å². The Bertz CT molecular complexity index is 402. The molecule has 0 aliphatic carbocycles. The largest absolute Gasteiger partial charge is 0.440 e. The third kappa shape index (κ3) is 2.39. The van der Waals surface area contributed by atoms with Crippen molar-refractivity contribution in [1.82, 2.24) is 4.98 Å². The Morgan fingerprint density at radius 1 is 1.36 bits per heavy atom. The highest BCUT2D eigenvalue weighted by Crippen LogP contribution is 2.25. The van der Waals surface area contributed by atoms with Gasteiger partial charge in [0.15, 0.2) is 0 Å². The van der Waals surface area contributed by atoms with Gasteiger partial charge in [-0.05, 0) is 11.6 Å². The molecule has 0 saturated heterocycles. The molecule has 0 radical (unpaired) electrons. The topological polar surface area (TPSA) is 26.0 Å². The summed E-state index contributed by atoms with van der Waals surface area (Å²) in [5.74, 6) is 0.863. The molecule has 1 aromatic carbocycles. The monoisotopic (exact) mass is 269 g/mol. The smallest absolute Gasteiger partial charge is 0.255 e. The van der Waals surface area contributed by atoms with Crippen LogP contribution in [0.4, 0.5) is 0 Å². The lowest BCUT2D eigenvalue weighted by atomic mass is 10.2. The molecule has 0 unspecified atom stereocenters. The number of nitrogens with zero attached hydrogens (tertiary/aromatic N) is 1. The third-order valence-corrected chi connectivity index (χ3v) is 3.40. The zero-order chi connectivity index (χ0) is 9.80. The van der Waals surface area contributed by atoms with Crippen molar-refractivity contribution in [3.63, 3.8) is 0 Å². The average Bonchev–Trinajstić information content (AvgIpc) is 2.69. The van der Waals surface area contributed by atoms with Crippen molar-refractivity contribution in [3.8, 4) is 0 Å². The summed E-state index contributed by atoms with van der Waals surface area (Å²) in [4.78, 5) is 4.04. The Kier molecular flexibility index (Phi) is 3.26. The van der Waals surface area contributed by atoms with E-state index >= 15 is 0 Å². The summed E-state index contributed by atoms with van der Waals surface area (Å²) in [6, 6.07) is 8.14. The molecule has 0 aliphatic rings. The van der Waals surface area contributed by atoms with Crippen molar-refractivity contribution >= 4 is 27.7 Å². The molecular weight excluding hydrogens is 262 g/mol. The number of oxazole rings is 1. The molecule has 14 heavy (non-hydrogen) atoms. The van der Waals surface area contributed by atoms with E-state index in [-0.39, 0.29) is 0 Å². The number of benzene rings is 1. The van der Waals surface area contributed by atoms with E-state index in [1.54, 1.807) is 24.2 Å².